The highest BCUT2D eigenvalue weighted by Gasteiger charge is 2.15. The summed E-state index contributed by atoms with van der Waals surface area (Å²) in [5.41, 5.74) is 1.67. The predicted molar refractivity (Wildman–Crippen MR) is 131 cm³/mol. The van der Waals surface area contributed by atoms with E-state index in [-0.39, 0.29) is 17.2 Å². The van der Waals surface area contributed by atoms with Crippen LogP contribution in [0.2, 0.25) is 0 Å². The minimum atomic E-state index is -0.214. The number of carbonyl (C=O) groups is 1. The van der Waals surface area contributed by atoms with Gasteiger partial charge in [-0.2, -0.15) is 0 Å². The van der Waals surface area contributed by atoms with Crippen LogP contribution in [0.15, 0.2) is 82.7 Å². The molecule has 0 aliphatic rings. The second-order valence-electron chi connectivity index (χ2n) is 7.05. The lowest BCUT2D eigenvalue weighted by Crippen LogP contribution is -2.23. The SMILES string of the molecule is CCOc1ccc(-n2c(SCC(=O)Nc3cccc(OC)c3)nc3ccccc3c2=O)cc1. The lowest BCUT2D eigenvalue weighted by molar-refractivity contribution is -0.113. The van der Waals surface area contributed by atoms with Gasteiger partial charge in [0.1, 0.15) is 11.5 Å². The Hall–Kier alpha value is -3.78. The van der Waals surface area contributed by atoms with Gasteiger partial charge in [0.15, 0.2) is 5.16 Å². The zero-order valence-corrected chi connectivity index (χ0v) is 19.1. The quantitative estimate of drug-likeness (QED) is 0.307. The maximum Gasteiger partial charge on any atom is 0.266 e. The summed E-state index contributed by atoms with van der Waals surface area (Å²) in [6, 6.07) is 21.6. The Labute approximate surface area is 195 Å². The van der Waals surface area contributed by atoms with Gasteiger partial charge in [0.2, 0.25) is 5.91 Å². The number of nitrogens with zero attached hydrogens (tertiary/aromatic N) is 2. The third kappa shape index (κ3) is 5.18. The summed E-state index contributed by atoms with van der Waals surface area (Å²) in [6.07, 6.45) is 0. The second kappa shape index (κ2) is 10.2. The van der Waals surface area contributed by atoms with Crippen LogP contribution in [-0.2, 0) is 4.79 Å². The monoisotopic (exact) mass is 461 g/mol. The van der Waals surface area contributed by atoms with E-state index in [2.05, 4.69) is 10.3 Å². The Morgan fingerprint density at radius 1 is 1.03 bits per heavy atom. The van der Waals surface area contributed by atoms with Gasteiger partial charge in [0.05, 0.1) is 36.1 Å². The molecule has 168 valence electrons. The van der Waals surface area contributed by atoms with Crippen LogP contribution in [-0.4, -0.2) is 34.9 Å². The molecule has 0 spiro atoms. The number of benzene rings is 3. The molecule has 1 N–H and O–H groups in total. The number of rotatable bonds is 8. The molecule has 3 aromatic carbocycles. The van der Waals surface area contributed by atoms with Gasteiger partial charge < -0.3 is 14.8 Å². The normalized spacial score (nSPS) is 10.7. The number of anilines is 1. The Morgan fingerprint density at radius 3 is 2.58 bits per heavy atom. The largest absolute Gasteiger partial charge is 0.497 e. The average molecular weight is 462 g/mol. The molecule has 0 unspecified atom stereocenters. The molecule has 0 saturated carbocycles. The molecule has 0 bridgehead atoms. The minimum absolute atomic E-state index is 0.0824. The van der Waals surface area contributed by atoms with Gasteiger partial charge in [-0.1, -0.05) is 30.0 Å². The molecular formula is C25H23N3O4S. The maximum absolute atomic E-state index is 13.3. The van der Waals surface area contributed by atoms with E-state index in [4.69, 9.17) is 9.47 Å². The van der Waals surface area contributed by atoms with Crippen LogP contribution in [0.3, 0.4) is 0 Å². The maximum atomic E-state index is 13.3. The molecule has 0 aliphatic carbocycles. The van der Waals surface area contributed by atoms with Gasteiger partial charge in [-0.15, -0.1) is 0 Å². The van der Waals surface area contributed by atoms with E-state index in [0.29, 0.717) is 39.8 Å². The fourth-order valence-corrected chi connectivity index (χ4v) is 4.14. The first-order chi connectivity index (χ1) is 16.1. The molecule has 8 heteroatoms. The van der Waals surface area contributed by atoms with Gasteiger partial charge in [0.25, 0.3) is 5.56 Å². The average Bonchev–Trinajstić information content (AvgIpc) is 2.84. The highest BCUT2D eigenvalue weighted by atomic mass is 32.2. The van der Waals surface area contributed by atoms with Gasteiger partial charge in [-0.05, 0) is 55.5 Å². The van der Waals surface area contributed by atoms with Crippen LogP contribution < -0.4 is 20.3 Å². The summed E-state index contributed by atoms with van der Waals surface area (Å²) in [7, 11) is 1.57. The third-order valence-electron chi connectivity index (χ3n) is 4.84. The molecule has 0 saturated heterocycles. The summed E-state index contributed by atoms with van der Waals surface area (Å²) in [5, 5.41) is 3.79. The van der Waals surface area contributed by atoms with Crippen LogP contribution in [0.4, 0.5) is 5.69 Å². The zero-order valence-electron chi connectivity index (χ0n) is 18.3. The summed E-state index contributed by atoms with van der Waals surface area (Å²) in [4.78, 5) is 30.6. The third-order valence-corrected chi connectivity index (χ3v) is 5.78. The van der Waals surface area contributed by atoms with Crippen molar-refractivity contribution >= 4 is 34.3 Å². The molecule has 0 fully saturated rings. The van der Waals surface area contributed by atoms with Crippen molar-refractivity contribution < 1.29 is 14.3 Å². The second-order valence-corrected chi connectivity index (χ2v) is 7.99. The first kappa shape index (κ1) is 22.4. The fraction of sp³-hybridized carbons (Fsp3) is 0.160. The minimum Gasteiger partial charge on any atom is -0.497 e. The van der Waals surface area contributed by atoms with Crippen molar-refractivity contribution in [3.8, 4) is 17.2 Å². The van der Waals surface area contributed by atoms with Crippen LogP contribution >= 0.6 is 11.8 Å². The van der Waals surface area contributed by atoms with Crippen molar-refractivity contribution in [2.75, 3.05) is 24.8 Å². The molecule has 33 heavy (non-hydrogen) atoms. The summed E-state index contributed by atoms with van der Waals surface area (Å²) >= 11 is 1.20. The number of carbonyl (C=O) groups excluding carboxylic acids is 1. The van der Waals surface area contributed by atoms with Gasteiger partial charge in [0, 0.05) is 11.8 Å². The van der Waals surface area contributed by atoms with Crippen molar-refractivity contribution in [2.24, 2.45) is 0 Å². The first-order valence-corrected chi connectivity index (χ1v) is 11.4. The molecule has 0 atom stereocenters. The standard InChI is InChI=1S/C25H23N3O4S/c1-3-32-19-13-11-18(12-14-19)28-24(30)21-9-4-5-10-22(21)27-25(28)33-16-23(29)26-17-7-6-8-20(15-17)31-2/h4-15H,3,16H2,1-2H3,(H,26,29). The Morgan fingerprint density at radius 2 is 1.82 bits per heavy atom. The Balaban J connectivity index is 1.63. The van der Waals surface area contributed by atoms with E-state index in [0.717, 1.165) is 5.75 Å². The lowest BCUT2D eigenvalue weighted by atomic mass is 10.2. The fourth-order valence-electron chi connectivity index (χ4n) is 3.32. The van der Waals surface area contributed by atoms with Crippen LogP contribution in [0.5, 0.6) is 11.5 Å². The van der Waals surface area contributed by atoms with E-state index >= 15 is 0 Å². The van der Waals surface area contributed by atoms with Gasteiger partial charge in [-0.25, -0.2) is 4.98 Å². The topological polar surface area (TPSA) is 82.4 Å². The van der Waals surface area contributed by atoms with E-state index in [1.54, 1.807) is 43.5 Å². The Bertz CT molecular complexity index is 1340. The Kier molecular flexibility index (Phi) is 6.95. The number of nitrogens with one attached hydrogen (secondary N) is 1. The number of amides is 1. The smallest absolute Gasteiger partial charge is 0.266 e. The zero-order chi connectivity index (χ0) is 23.2. The van der Waals surface area contributed by atoms with Crippen molar-refractivity contribution in [2.45, 2.75) is 12.1 Å². The van der Waals surface area contributed by atoms with Crippen LogP contribution in [0.25, 0.3) is 16.6 Å². The van der Waals surface area contributed by atoms with Crippen molar-refractivity contribution in [1.29, 1.82) is 0 Å². The molecular weight excluding hydrogens is 438 g/mol. The number of hydrogen-bond donors (Lipinski definition) is 1. The summed E-state index contributed by atoms with van der Waals surface area (Å²) in [6.45, 7) is 2.47. The molecule has 1 amide bonds. The number of fused-ring (bicyclic) bond motifs is 1. The number of aromatic nitrogens is 2. The molecule has 1 aromatic heterocycles. The molecule has 7 nitrogen and oxygen atoms in total. The number of thioether (sulfide) groups is 1. The van der Waals surface area contributed by atoms with Crippen LogP contribution in [0, 0.1) is 0 Å². The summed E-state index contributed by atoms with van der Waals surface area (Å²) in [5.74, 6) is 1.24. The van der Waals surface area contributed by atoms with Crippen LogP contribution in [0.1, 0.15) is 6.92 Å². The molecule has 0 aliphatic heterocycles. The first-order valence-electron chi connectivity index (χ1n) is 10.4. The number of hydrogen-bond acceptors (Lipinski definition) is 6. The molecule has 4 aromatic rings. The predicted octanol–water partition coefficient (Wildman–Crippen LogP) is 4.52. The van der Waals surface area contributed by atoms with Crippen molar-refractivity contribution in [1.82, 2.24) is 9.55 Å². The van der Waals surface area contributed by atoms with E-state index in [1.165, 1.54) is 16.3 Å². The number of para-hydroxylation sites is 1. The van der Waals surface area contributed by atoms with Gasteiger partial charge in [-0.3, -0.25) is 14.2 Å². The molecule has 1 heterocycles. The number of methoxy groups -OCH3 is 1. The molecule has 0 radical (unpaired) electrons. The highest BCUT2D eigenvalue weighted by molar-refractivity contribution is 7.99. The molecule has 4 rings (SSSR count). The van der Waals surface area contributed by atoms with E-state index in [1.807, 2.05) is 43.3 Å². The highest BCUT2D eigenvalue weighted by Crippen LogP contribution is 2.24. The van der Waals surface area contributed by atoms with E-state index in [9.17, 15) is 9.59 Å². The number of ether oxygens (including phenoxy) is 2. The van der Waals surface area contributed by atoms with E-state index < -0.39 is 0 Å². The van der Waals surface area contributed by atoms with Crippen molar-refractivity contribution in [3.05, 3.63) is 83.2 Å². The summed E-state index contributed by atoms with van der Waals surface area (Å²) < 4.78 is 12.2. The van der Waals surface area contributed by atoms with Crippen molar-refractivity contribution in [3.63, 3.8) is 0 Å². The van der Waals surface area contributed by atoms with Gasteiger partial charge >= 0.3 is 0 Å². The lowest BCUT2D eigenvalue weighted by Gasteiger charge is -2.14.